The van der Waals surface area contributed by atoms with E-state index < -0.39 is 12.1 Å². The largest absolute Gasteiger partial charge is 0.449 e. The van der Waals surface area contributed by atoms with Gasteiger partial charge < -0.3 is 21.1 Å². The van der Waals surface area contributed by atoms with E-state index in [0.29, 0.717) is 35.9 Å². The third-order valence-corrected chi connectivity index (χ3v) is 4.96. The lowest BCUT2D eigenvalue weighted by Crippen LogP contribution is -2.37. The van der Waals surface area contributed by atoms with Gasteiger partial charge in [0.2, 0.25) is 5.88 Å². The highest BCUT2D eigenvalue weighted by molar-refractivity contribution is 6.00. The van der Waals surface area contributed by atoms with Crippen LogP contribution in [0.25, 0.3) is 5.65 Å². The minimum absolute atomic E-state index is 0.301. The zero-order valence-electron chi connectivity index (χ0n) is 15.9. The average Bonchev–Trinajstić information content (AvgIpc) is 3.22. The number of amidine groups is 1. The first kappa shape index (κ1) is 17.9. The quantitative estimate of drug-likeness (QED) is 0.613. The monoisotopic (exact) mass is 401 g/mol. The molecule has 0 saturated carbocycles. The second kappa shape index (κ2) is 7.36. The highest BCUT2D eigenvalue weighted by Gasteiger charge is 2.29. The van der Waals surface area contributed by atoms with Gasteiger partial charge >= 0.3 is 0 Å². The predicted octanol–water partition coefficient (Wildman–Crippen LogP) is 1.76. The number of carbonyl (C=O) groups is 1. The summed E-state index contributed by atoms with van der Waals surface area (Å²) >= 11 is 0. The molecule has 1 atom stereocenters. The van der Waals surface area contributed by atoms with Crippen molar-refractivity contribution in [3.05, 3.63) is 89.4 Å². The van der Waals surface area contributed by atoms with Crippen LogP contribution in [0.5, 0.6) is 0 Å². The molecule has 0 fully saturated rings. The van der Waals surface area contributed by atoms with E-state index >= 15 is 0 Å². The Morgan fingerprint density at radius 3 is 2.93 bits per heavy atom. The molecule has 0 spiro atoms. The first-order valence-corrected chi connectivity index (χ1v) is 9.51. The maximum atomic E-state index is 11.7. The van der Waals surface area contributed by atoms with E-state index in [9.17, 15) is 4.79 Å². The Kier molecular flexibility index (Phi) is 4.40. The molecule has 0 bridgehead atoms. The van der Waals surface area contributed by atoms with Gasteiger partial charge in [0, 0.05) is 19.2 Å². The number of carbonyl (C=O) groups excluding carboxylic acids is 1. The molecule has 1 amide bonds. The maximum absolute atomic E-state index is 11.7. The van der Waals surface area contributed by atoms with Gasteiger partial charge in [-0.15, -0.1) is 10.2 Å². The van der Waals surface area contributed by atoms with Crippen LogP contribution < -0.4 is 16.4 Å². The van der Waals surface area contributed by atoms with Gasteiger partial charge in [0.15, 0.2) is 17.6 Å². The summed E-state index contributed by atoms with van der Waals surface area (Å²) in [7, 11) is 0. The number of hydrogen-bond acceptors (Lipinski definition) is 7. The van der Waals surface area contributed by atoms with Gasteiger partial charge in [-0.3, -0.25) is 9.20 Å². The molecule has 2 aliphatic rings. The van der Waals surface area contributed by atoms with Gasteiger partial charge in [0.1, 0.15) is 5.84 Å². The lowest BCUT2D eigenvalue weighted by molar-refractivity contribution is 0.100. The molecule has 3 aromatic rings. The molecule has 150 valence electrons. The van der Waals surface area contributed by atoms with Crippen LogP contribution >= 0.6 is 0 Å². The fourth-order valence-electron chi connectivity index (χ4n) is 3.50. The topological polar surface area (TPSA) is 119 Å². The maximum Gasteiger partial charge on any atom is 0.252 e. The van der Waals surface area contributed by atoms with Crippen molar-refractivity contribution in [3.8, 4) is 0 Å². The minimum atomic E-state index is -0.560. The Balaban J connectivity index is 1.50. The third-order valence-electron chi connectivity index (χ3n) is 4.96. The Hall–Kier alpha value is -4.14. The molecule has 4 N–H and O–H groups in total. The molecule has 30 heavy (non-hydrogen) atoms. The number of primary amides is 1. The molecule has 9 nitrogen and oxygen atoms in total. The van der Waals surface area contributed by atoms with E-state index in [1.807, 2.05) is 24.3 Å². The number of amides is 1. The molecule has 4 heterocycles. The van der Waals surface area contributed by atoms with Gasteiger partial charge in [-0.25, -0.2) is 4.99 Å². The Morgan fingerprint density at radius 2 is 2.10 bits per heavy atom. The van der Waals surface area contributed by atoms with Gasteiger partial charge in [-0.1, -0.05) is 30.3 Å². The molecule has 2 aliphatic heterocycles. The Morgan fingerprint density at radius 1 is 1.23 bits per heavy atom. The minimum Gasteiger partial charge on any atom is -0.449 e. The number of pyridine rings is 1. The number of aromatic nitrogens is 3. The van der Waals surface area contributed by atoms with Gasteiger partial charge in [-0.05, 0) is 23.8 Å². The molecule has 0 saturated heterocycles. The van der Waals surface area contributed by atoms with Crippen molar-refractivity contribution in [2.75, 3.05) is 0 Å². The van der Waals surface area contributed by atoms with Crippen molar-refractivity contribution in [1.29, 1.82) is 0 Å². The zero-order valence-corrected chi connectivity index (χ0v) is 15.9. The number of nitrogens with two attached hydrogens (primary N) is 1. The molecule has 1 aromatic carbocycles. The average molecular weight is 401 g/mol. The van der Waals surface area contributed by atoms with Crippen LogP contribution in [0.4, 0.5) is 0 Å². The summed E-state index contributed by atoms with van der Waals surface area (Å²) in [5.41, 5.74) is 8.24. The summed E-state index contributed by atoms with van der Waals surface area (Å²) in [6, 6.07) is 13.4. The van der Waals surface area contributed by atoms with E-state index in [1.165, 1.54) is 0 Å². The molecule has 0 aliphatic carbocycles. The first-order valence-electron chi connectivity index (χ1n) is 9.51. The van der Waals surface area contributed by atoms with E-state index in [-0.39, 0.29) is 0 Å². The fraction of sp³-hybridized carbons (Fsp3) is 0.143. The van der Waals surface area contributed by atoms with E-state index in [0.717, 1.165) is 17.0 Å². The van der Waals surface area contributed by atoms with Crippen molar-refractivity contribution < 1.29 is 9.53 Å². The van der Waals surface area contributed by atoms with E-state index in [1.54, 1.807) is 29.0 Å². The number of benzene rings is 1. The molecule has 5 rings (SSSR count). The SMILES string of the molecule is NC(=O)c1cccn2c(C3N=C(NCc4ccccc4)C4=C(N3)OC=CC4)nnc12. The number of fused-ring (bicyclic) bond motifs is 1. The van der Waals surface area contributed by atoms with Crippen LogP contribution in [0.3, 0.4) is 0 Å². The Bertz CT molecular complexity index is 1210. The van der Waals surface area contributed by atoms with Crippen LogP contribution in [-0.4, -0.2) is 26.3 Å². The molecule has 2 aromatic heterocycles. The Labute approximate surface area is 172 Å². The zero-order chi connectivity index (χ0) is 20.5. The molecular formula is C21H19N7O2. The number of hydrogen-bond donors (Lipinski definition) is 3. The second-order valence-corrected chi connectivity index (χ2v) is 6.90. The third kappa shape index (κ3) is 3.16. The highest BCUT2D eigenvalue weighted by Crippen LogP contribution is 2.27. The second-order valence-electron chi connectivity index (χ2n) is 6.90. The summed E-state index contributed by atoms with van der Waals surface area (Å²) in [6.07, 6.45) is 5.51. The van der Waals surface area contributed by atoms with Crippen molar-refractivity contribution >= 4 is 17.4 Å². The summed E-state index contributed by atoms with van der Waals surface area (Å²) in [4.78, 5) is 16.5. The smallest absolute Gasteiger partial charge is 0.252 e. The van der Waals surface area contributed by atoms with E-state index in [4.69, 9.17) is 15.5 Å². The molecule has 9 heteroatoms. The molecule has 0 radical (unpaired) electrons. The standard InChI is InChI=1S/C21H19N7O2/c22-16(29)14-8-4-10-28-19(14)26-27-20(28)18-24-17(15-9-5-11-30-21(15)25-18)23-12-13-6-2-1-3-7-13/h1-8,10-11,18,25H,9,12H2,(H2,22,29)(H,23,24). The van der Waals surface area contributed by atoms with Crippen LogP contribution in [-0.2, 0) is 11.3 Å². The molecule has 1 unspecified atom stereocenters. The number of aliphatic imine (C=N–C) groups is 1. The number of nitrogens with zero attached hydrogens (tertiary/aromatic N) is 4. The summed E-state index contributed by atoms with van der Waals surface area (Å²) in [5.74, 6) is 1.31. The predicted molar refractivity (Wildman–Crippen MR) is 110 cm³/mol. The highest BCUT2D eigenvalue weighted by atomic mass is 16.5. The fourth-order valence-corrected chi connectivity index (χ4v) is 3.50. The van der Waals surface area contributed by atoms with Crippen molar-refractivity contribution in [2.24, 2.45) is 10.7 Å². The van der Waals surface area contributed by atoms with Gasteiger partial charge in [-0.2, -0.15) is 0 Å². The number of ether oxygens (including phenoxy) is 1. The summed E-state index contributed by atoms with van der Waals surface area (Å²) in [5, 5.41) is 15.1. The number of allylic oxidation sites excluding steroid dienone is 1. The van der Waals surface area contributed by atoms with Gasteiger partial charge in [0.05, 0.1) is 17.4 Å². The summed E-state index contributed by atoms with van der Waals surface area (Å²) in [6.45, 7) is 0.624. The van der Waals surface area contributed by atoms with Crippen molar-refractivity contribution in [2.45, 2.75) is 19.1 Å². The molecular weight excluding hydrogens is 382 g/mol. The lowest BCUT2D eigenvalue weighted by atomic mass is 10.1. The van der Waals surface area contributed by atoms with Gasteiger partial charge in [0.25, 0.3) is 5.91 Å². The van der Waals surface area contributed by atoms with Crippen LogP contribution in [0.1, 0.15) is 34.3 Å². The van der Waals surface area contributed by atoms with Crippen LogP contribution in [0.2, 0.25) is 0 Å². The van der Waals surface area contributed by atoms with Crippen LogP contribution in [0.15, 0.2) is 77.4 Å². The van der Waals surface area contributed by atoms with E-state index in [2.05, 4.69) is 33.0 Å². The lowest BCUT2D eigenvalue weighted by Gasteiger charge is -2.28. The normalized spacial score (nSPS) is 17.7. The van der Waals surface area contributed by atoms with Crippen molar-refractivity contribution in [3.63, 3.8) is 0 Å². The number of nitrogens with one attached hydrogen (secondary N) is 2. The summed E-state index contributed by atoms with van der Waals surface area (Å²) < 4.78 is 7.41. The first-order chi connectivity index (χ1) is 14.7. The van der Waals surface area contributed by atoms with Crippen molar-refractivity contribution in [1.82, 2.24) is 25.2 Å². The number of rotatable bonds is 4. The van der Waals surface area contributed by atoms with Crippen LogP contribution in [0, 0.1) is 0 Å².